The Kier molecular flexibility index (Phi) is 2.74. The molecule has 2 heterocycles. The van der Waals surface area contributed by atoms with Gasteiger partial charge in [-0.25, -0.2) is 9.97 Å². The second-order valence-electron chi connectivity index (χ2n) is 3.97. The highest BCUT2D eigenvalue weighted by atomic mass is 35.5. The lowest BCUT2D eigenvalue weighted by Gasteiger charge is -2.05. The summed E-state index contributed by atoms with van der Waals surface area (Å²) in [6.45, 7) is 0.433. The highest BCUT2D eigenvalue weighted by Gasteiger charge is 2.08. The van der Waals surface area contributed by atoms with Gasteiger partial charge in [-0.05, 0) is 17.7 Å². The first-order chi connectivity index (χ1) is 8.79. The number of halogens is 1. The van der Waals surface area contributed by atoms with Gasteiger partial charge in [-0.15, -0.1) is 0 Å². The van der Waals surface area contributed by atoms with Crippen LogP contribution >= 0.6 is 11.6 Å². The molecule has 0 aliphatic rings. The van der Waals surface area contributed by atoms with Gasteiger partial charge in [0.2, 0.25) is 0 Å². The molecule has 0 radical (unpaired) electrons. The summed E-state index contributed by atoms with van der Waals surface area (Å²) < 4.78 is 0. The van der Waals surface area contributed by atoms with Gasteiger partial charge in [-0.3, -0.25) is 0 Å². The van der Waals surface area contributed by atoms with Gasteiger partial charge in [-0.1, -0.05) is 23.7 Å². The average molecular weight is 259 g/mol. The van der Waals surface area contributed by atoms with Crippen molar-refractivity contribution in [1.82, 2.24) is 15.0 Å². The number of H-pyrrole nitrogens is 1. The minimum absolute atomic E-state index is 0.433. The monoisotopic (exact) mass is 258 g/mol. The van der Waals surface area contributed by atoms with Crippen molar-refractivity contribution < 1.29 is 0 Å². The molecule has 90 valence electrons. The van der Waals surface area contributed by atoms with Crippen LogP contribution in [0.25, 0.3) is 22.3 Å². The summed E-state index contributed by atoms with van der Waals surface area (Å²) in [5.74, 6) is 0. The molecule has 4 nitrogen and oxygen atoms in total. The molecule has 5 heteroatoms. The Morgan fingerprint density at radius 2 is 2.11 bits per heavy atom. The predicted octanol–water partition coefficient (Wildman–Crippen LogP) is 2.74. The van der Waals surface area contributed by atoms with Crippen molar-refractivity contribution in [3.05, 3.63) is 47.4 Å². The number of rotatable bonds is 2. The number of hydrogen-bond donors (Lipinski definition) is 2. The van der Waals surface area contributed by atoms with E-state index < -0.39 is 0 Å². The zero-order valence-corrected chi connectivity index (χ0v) is 10.3. The van der Waals surface area contributed by atoms with Gasteiger partial charge >= 0.3 is 0 Å². The molecule has 0 fully saturated rings. The lowest BCUT2D eigenvalue weighted by molar-refractivity contribution is 1.07. The SMILES string of the molecule is NCc1ccc(-c2ncnc3[nH]ccc23)cc1Cl. The summed E-state index contributed by atoms with van der Waals surface area (Å²) in [7, 11) is 0. The van der Waals surface area contributed by atoms with E-state index in [1.54, 1.807) is 6.33 Å². The van der Waals surface area contributed by atoms with E-state index in [1.807, 2.05) is 30.5 Å². The fourth-order valence-electron chi connectivity index (χ4n) is 1.96. The molecule has 0 unspecified atom stereocenters. The van der Waals surface area contributed by atoms with Crippen LogP contribution in [0.15, 0.2) is 36.8 Å². The summed E-state index contributed by atoms with van der Waals surface area (Å²) in [5.41, 5.74) is 9.18. The third-order valence-electron chi connectivity index (χ3n) is 2.90. The Morgan fingerprint density at radius 3 is 2.89 bits per heavy atom. The third kappa shape index (κ3) is 1.75. The maximum atomic E-state index is 6.17. The van der Waals surface area contributed by atoms with E-state index >= 15 is 0 Å². The van der Waals surface area contributed by atoms with Crippen LogP contribution in [0, 0.1) is 0 Å². The zero-order chi connectivity index (χ0) is 12.5. The van der Waals surface area contributed by atoms with E-state index in [-0.39, 0.29) is 0 Å². The van der Waals surface area contributed by atoms with Crippen molar-refractivity contribution in [3.8, 4) is 11.3 Å². The van der Waals surface area contributed by atoms with E-state index in [0.29, 0.717) is 11.6 Å². The average Bonchev–Trinajstić information content (AvgIpc) is 2.86. The van der Waals surface area contributed by atoms with Crippen LogP contribution in [-0.2, 0) is 6.54 Å². The maximum absolute atomic E-state index is 6.17. The van der Waals surface area contributed by atoms with Crippen LogP contribution in [0.3, 0.4) is 0 Å². The molecular weight excluding hydrogens is 248 g/mol. The van der Waals surface area contributed by atoms with E-state index in [9.17, 15) is 0 Å². The van der Waals surface area contributed by atoms with Gasteiger partial charge in [0.25, 0.3) is 0 Å². The number of nitrogens with zero attached hydrogens (tertiary/aromatic N) is 2. The molecule has 0 atom stereocenters. The summed E-state index contributed by atoms with van der Waals surface area (Å²) in [4.78, 5) is 11.6. The number of nitrogens with one attached hydrogen (secondary N) is 1. The number of hydrogen-bond acceptors (Lipinski definition) is 3. The fraction of sp³-hybridized carbons (Fsp3) is 0.0769. The second-order valence-corrected chi connectivity index (χ2v) is 4.38. The molecule has 1 aromatic carbocycles. The molecular formula is C13H11ClN4. The van der Waals surface area contributed by atoms with E-state index in [4.69, 9.17) is 17.3 Å². The number of aromatic amines is 1. The lowest BCUT2D eigenvalue weighted by atomic mass is 10.1. The summed E-state index contributed by atoms with van der Waals surface area (Å²) in [6.07, 6.45) is 3.39. The van der Waals surface area contributed by atoms with Gasteiger partial charge in [-0.2, -0.15) is 0 Å². The van der Waals surface area contributed by atoms with Crippen LogP contribution in [0.1, 0.15) is 5.56 Å². The predicted molar refractivity (Wildman–Crippen MR) is 72.2 cm³/mol. The van der Waals surface area contributed by atoms with E-state index in [2.05, 4.69) is 15.0 Å². The van der Waals surface area contributed by atoms with Crippen LogP contribution in [0.5, 0.6) is 0 Å². The Morgan fingerprint density at radius 1 is 1.22 bits per heavy atom. The molecule has 0 spiro atoms. The summed E-state index contributed by atoms with van der Waals surface area (Å²) >= 11 is 6.17. The molecule has 3 N–H and O–H groups in total. The highest BCUT2D eigenvalue weighted by Crippen LogP contribution is 2.28. The quantitative estimate of drug-likeness (QED) is 0.743. The largest absolute Gasteiger partial charge is 0.346 e. The van der Waals surface area contributed by atoms with Crippen molar-refractivity contribution in [2.24, 2.45) is 5.73 Å². The van der Waals surface area contributed by atoms with E-state index in [0.717, 1.165) is 27.9 Å². The van der Waals surface area contributed by atoms with Crippen LogP contribution < -0.4 is 5.73 Å². The number of benzene rings is 1. The first-order valence-electron chi connectivity index (χ1n) is 5.56. The van der Waals surface area contributed by atoms with Gasteiger partial charge in [0.05, 0.1) is 5.69 Å². The Balaban J connectivity index is 2.20. The lowest BCUT2D eigenvalue weighted by Crippen LogP contribution is -1.97. The molecule has 0 amide bonds. The van der Waals surface area contributed by atoms with Crippen molar-refractivity contribution in [3.63, 3.8) is 0 Å². The zero-order valence-electron chi connectivity index (χ0n) is 9.52. The molecule has 0 saturated heterocycles. The Labute approximate surface area is 109 Å². The summed E-state index contributed by atoms with van der Waals surface area (Å²) in [6, 6.07) is 7.75. The number of fused-ring (bicyclic) bond motifs is 1. The fourth-order valence-corrected chi connectivity index (χ4v) is 2.22. The first-order valence-corrected chi connectivity index (χ1v) is 5.94. The van der Waals surface area contributed by atoms with Crippen molar-refractivity contribution in [2.75, 3.05) is 0 Å². The minimum atomic E-state index is 0.433. The first kappa shape index (κ1) is 11.2. The second kappa shape index (κ2) is 4.40. The highest BCUT2D eigenvalue weighted by molar-refractivity contribution is 6.31. The van der Waals surface area contributed by atoms with Gasteiger partial charge in [0, 0.05) is 28.7 Å². The summed E-state index contributed by atoms with van der Waals surface area (Å²) in [5, 5.41) is 1.64. The van der Waals surface area contributed by atoms with Gasteiger partial charge in [0.15, 0.2) is 0 Å². The molecule has 18 heavy (non-hydrogen) atoms. The molecule has 0 bridgehead atoms. The van der Waals surface area contributed by atoms with Crippen LogP contribution in [-0.4, -0.2) is 15.0 Å². The number of aromatic nitrogens is 3. The Hall–Kier alpha value is -1.91. The van der Waals surface area contributed by atoms with Gasteiger partial charge < -0.3 is 10.7 Å². The topological polar surface area (TPSA) is 67.6 Å². The minimum Gasteiger partial charge on any atom is -0.346 e. The van der Waals surface area contributed by atoms with Crippen molar-refractivity contribution >= 4 is 22.6 Å². The van der Waals surface area contributed by atoms with Crippen LogP contribution in [0.4, 0.5) is 0 Å². The normalized spacial score (nSPS) is 11.0. The molecule has 0 aliphatic carbocycles. The number of nitrogens with two attached hydrogens (primary N) is 1. The van der Waals surface area contributed by atoms with Gasteiger partial charge in [0.1, 0.15) is 12.0 Å². The smallest absolute Gasteiger partial charge is 0.141 e. The standard InChI is InChI=1S/C13H11ClN4/c14-11-5-8(1-2-9(11)6-15)12-10-3-4-16-13(10)18-7-17-12/h1-5,7H,6,15H2,(H,16,17,18). The molecule has 0 aliphatic heterocycles. The van der Waals surface area contributed by atoms with E-state index in [1.165, 1.54) is 0 Å². The molecule has 0 saturated carbocycles. The van der Waals surface area contributed by atoms with Crippen molar-refractivity contribution in [2.45, 2.75) is 6.54 Å². The van der Waals surface area contributed by atoms with Crippen LogP contribution in [0.2, 0.25) is 5.02 Å². The Bertz CT molecular complexity index is 705. The molecule has 2 aromatic heterocycles. The maximum Gasteiger partial charge on any atom is 0.141 e. The van der Waals surface area contributed by atoms with Crippen molar-refractivity contribution in [1.29, 1.82) is 0 Å². The third-order valence-corrected chi connectivity index (χ3v) is 3.25. The molecule has 3 rings (SSSR count). The molecule has 3 aromatic rings.